The lowest BCUT2D eigenvalue weighted by atomic mass is 10.0. The molecular weight excluding hydrogens is 270 g/mol. The van der Waals surface area contributed by atoms with Gasteiger partial charge in [0, 0.05) is 28.2 Å². The van der Waals surface area contributed by atoms with Gasteiger partial charge in [0.05, 0.1) is 5.03 Å². The molecule has 0 aliphatic heterocycles. The summed E-state index contributed by atoms with van der Waals surface area (Å²) in [5, 5.41) is 1.47. The number of hydrogen-bond donors (Lipinski definition) is 1. The first-order valence-electron chi connectivity index (χ1n) is 6.28. The first-order chi connectivity index (χ1) is 9.81. The Balaban J connectivity index is 2.21. The Hall–Kier alpha value is -2.32. The molecule has 3 aromatic rings. The predicted molar refractivity (Wildman–Crippen MR) is 83.5 cm³/mol. The van der Waals surface area contributed by atoms with E-state index in [4.69, 9.17) is 11.6 Å². The zero-order chi connectivity index (χ0) is 13.9. The lowest BCUT2D eigenvalue weighted by Gasteiger charge is -2.04. The molecule has 20 heavy (non-hydrogen) atoms. The average molecular weight is 282 g/mol. The number of carbonyl (C=O) groups excluding carboxylic acids is 1. The number of nitrogens with one attached hydrogen (secondary N) is 1. The molecular formula is C17H12ClNO. The molecule has 1 heterocycles. The molecule has 3 rings (SSSR count). The normalized spacial score (nSPS) is 12.2. The fourth-order valence-electron chi connectivity index (χ4n) is 2.26. The number of aldehydes is 1. The third kappa shape index (κ3) is 2.15. The number of aromatic nitrogens is 1. The minimum atomic E-state index is 0.462. The number of para-hydroxylation sites is 1. The van der Waals surface area contributed by atoms with Crippen LogP contribution in [0.1, 0.15) is 11.1 Å². The number of fused-ring (bicyclic) bond motifs is 1. The van der Waals surface area contributed by atoms with E-state index in [-0.39, 0.29) is 0 Å². The fourth-order valence-corrected chi connectivity index (χ4v) is 2.57. The Morgan fingerprint density at radius 1 is 1.00 bits per heavy atom. The summed E-state index contributed by atoms with van der Waals surface area (Å²) < 4.78 is 0. The number of carbonyl (C=O) groups is 1. The molecule has 0 amide bonds. The van der Waals surface area contributed by atoms with Crippen molar-refractivity contribution in [1.29, 1.82) is 0 Å². The summed E-state index contributed by atoms with van der Waals surface area (Å²) in [5.41, 5.74) is 3.15. The number of rotatable bonds is 3. The Morgan fingerprint density at radius 3 is 2.45 bits per heavy atom. The molecule has 3 heteroatoms. The number of benzene rings is 2. The molecule has 2 aromatic carbocycles. The molecule has 0 aliphatic rings. The van der Waals surface area contributed by atoms with Gasteiger partial charge in [0.25, 0.3) is 0 Å². The quantitative estimate of drug-likeness (QED) is 0.557. The summed E-state index contributed by atoms with van der Waals surface area (Å²) in [7, 11) is 0. The fraction of sp³-hybridized carbons (Fsp3) is 0. The number of hydrogen-bond acceptors (Lipinski definition) is 1. The van der Waals surface area contributed by atoms with Gasteiger partial charge < -0.3 is 4.98 Å². The average Bonchev–Trinajstić information content (AvgIpc) is 2.93. The number of H-pyrrole nitrogens is 1. The third-order valence-corrected chi connectivity index (χ3v) is 3.67. The van der Waals surface area contributed by atoms with Gasteiger partial charge in [0.1, 0.15) is 0 Å². The molecule has 0 bridgehead atoms. The van der Waals surface area contributed by atoms with Gasteiger partial charge in [-0.1, -0.05) is 60.1 Å². The summed E-state index contributed by atoms with van der Waals surface area (Å²) in [4.78, 5) is 14.6. The van der Waals surface area contributed by atoms with Crippen LogP contribution in [0.25, 0.3) is 21.5 Å². The Bertz CT molecular complexity index is 787. The molecule has 0 spiro atoms. The highest BCUT2D eigenvalue weighted by Crippen LogP contribution is 2.33. The Morgan fingerprint density at radius 2 is 1.70 bits per heavy atom. The van der Waals surface area contributed by atoms with Crippen LogP contribution in [0.15, 0.2) is 60.8 Å². The second-order valence-electron chi connectivity index (χ2n) is 4.46. The van der Waals surface area contributed by atoms with E-state index in [0.29, 0.717) is 10.6 Å². The largest absolute Gasteiger partial charge is 0.361 e. The molecule has 0 fully saturated rings. The molecule has 98 valence electrons. The predicted octanol–water partition coefficient (Wildman–Crippen LogP) is 4.47. The molecule has 1 aromatic heterocycles. The highest BCUT2D eigenvalue weighted by atomic mass is 35.5. The maximum Gasteiger partial charge on any atom is 0.152 e. The second-order valence-corrected chi connectivity index (χ2v) is 4.84. The van der Waals surface area contributed by atoms with Gasteiger partial charge in [-0.25, -0.2) is 0 Å². The van der Waals surface area contributed by atoms with Gasteiger partial charge in [-0.05, 0) is 11.6 Å². The Labute approximate surface area is 121 Å². The van der Waals surface area contributed by atoms with E-state index in [1.54, 1.807) is 0 Å². The van der Waals surface area contributed by atoms with Gasteiger partial charge in [-0.3, -0.25) is 4.79 Å². The van der Waals surface area contributed by atoms with Crippen LogP contribution in [0.2, 0.25) is 0 Å². The first-order valence-corrected chi connectivity index (χ1v) is 6.66. The van der Waals surface area contributed by atoms with Crippen molar-refractivity contribution in [2.24, 2.45) is 0 Å². The van der Waals surface area contributed by atoms with Crippen molar-refractivity contribution >= 4 is 39.4 Å². The number of halogens is 1. The highest BCUT2D eigenvalue weighted by Gasteiger charge is 2.12. The highest BCUT2D eigenvalue weighted by molar-refractivity contribution is 6.56. The summed E-state index contributed by atoms with van der Waals surface area (Å²) in [6, 6.07) is 17.3. The second kappa shape index (κ2) is 5.35. The van der Waals surface area contributed by atoms with Crippen LogP contribution in [0.4, 0.5) is 0 Å². The van der Waals surface area contributed by atoms with E-state index in [1.807, 2.05) is 60.8 Å². The van der Waals surface area contributed by atoms with E-state index in [0.717, 1.165) is 28.3 Å². The van der Waals surface area contributed by atoms with E-state index in [9.17, 15) is 4.79 Å². The van der Waals surface area contributed by atoms with Crippen molar-refractivity contribution in [2.75, 3.05) is 0 Å². The van der Waals surface area contributed by atoms with Crippen molar-refractivity contribution in [3.63, 3.8) is 0 Å². The van der Waals surface area contributed by atoms with Crippen LogP contribution in [0, 0.1) is 0 Å². The van der Waals surface area contributed by atoms with Crippen LogP contribution < -0.4 is 0 Å². The van der Waals surface area contributed by atoms with Crippen LogP contribution in [0.3, 0.4) is 0 Å². The maximum absolute atomic E-state index is 11.4. The van der Waals surface area contributed by atoms with Crippen molar-refractivity contribution in [3.05, 3.63) is 71.9 Å². The summed E-state index contributed by atoms with van der Waals surface area (Å²) >= 11 is 6.46. The lowest BCUT2D eigenvalue weighted by Crippen LogP contribution is -1.89. The van der Waals surface area contributed by atoms with Crippen LogP contribution >= 0.6 is 11.6 Å². The Kier molecular flexibility index (Phi) is 3.40. The molecule has 0 aliphatic carbocycles. The van der Waals surface area contributed by atoms with Gasteiger partial charge >= 0.3 is 0 Å². The number of allylic oxidation sites excluding steroid dienone is 1. The summed E-state index contributed by atoms with van der Waals surface area (Å²) in [5.74, 6) is 0. The third-order valence-electron chi connectivity index (χ3n) is 3.26. The van der Waals surface area contributed by atoms with Crippen LogP contribution in [0.5, 0.6) is 0 Å². The van der Waals surface area contributed by atoms with Gasteiger partial charge in [-0.2, -0.15) is 0 Å². The van der Waals surface area contributed by atoms with E-state index in [2.05, 4.69) is 4.98 Å². The minimum Gasteiger partial charge on any atom is -0.361 e. The van der Waals surface area contributed by atoms with Crippen molar-refractivity contribution in [3.8, 4) is 0 Å². The van der Waals surface area contributed by atoms with Crippen molar-refractivity contribution in [1.82, 2.24) is 4.98 Å². The monoisotopic (exact) mass is 281 g/mol. The smallest absolute Gasteiger partial charge is 0.152 e. The zero-order valence-electron chi connectivity index (χ0n) is 10.6. The van der Waals surface area contributed by atoms with Crippen LogP contribution in [-0.4, -0.2) is 11.3 Å². The van der Waals surface area contributed by atoms with E-state index >= 15 is 0 Å². The van der Waals surface area contributed by atoms with Gasteiger partial charge in [0.15, 0.2) is 6.29 Å². The standard InChI is InChI=1S/C17H12ClNO/c18-17(15(11-20)12-6-2-1-3-7-12)14-10-19-16-9-5-4-8-13(14)16/h1-11,19H. The first kappa shape index (κ1) is 12.7. The van der Waals surface area contributed by atoms with Gasteiger partial charge in [0.2, 0.25) is 0 Å². The molecule has 0 saturated heterocycles. The topological polar surface area (TPSA) is 32.9 Å². The molecule has 0 unspecified atom stereocenters. The molecule has 0 atom stereocenters. The van der Waals surface area contributed by atoms with E-state index in [1.165, 1.54) is 0 Å². The molecule has 2 nitrogen and oxygen atoms in total. The van der Waals surface area contributed by atoms with Crippen molar-refractivity contribution < 1.29 is 4.79 Å². The van der Waals surface area contributed by atoms with Crippen molar-refractivity contribution in [2.45, 2.75) is 0 Å². The van der Waals surface area contributed by atoms with Gasteiger partial charge in [-0.15, -0.1) is 0 Å². The molecule has 0 radical (unpaired) electrons. The number of aromatic amines is 1. The maximum atomic E-state index is 11.4. The summed E-state index contributed by atoms with van der Waals surface area (Å²) in [6.07, 6.45) is 2.64. The SMILES string of the molecule is O=CC(=C(Cl)c1c[nH]c2ccccc12)c1ccccc1. The van der Waals surface area contributed by atoms with Crippen LogP contribution in [-0.2, 0) is 4.79 Å². The molecule has 1 N–H and O–H groups in total. The zero-order valence-corrected chi connectivity index (χ0v) is 11.4. The lowest BCUT2D eigenvalue weighted by molar-refractivity contribution is -0.103. The van der Waals surface area contributed by atoms with E-state index < -0.39 is 0 Å². The minimum absolute atomic E-state index is 0.462. The molecule has 0 saturated carbocycles. The summed E-state index contributed by atoms with van der Waals surface area (Å²) in [6.45, 7) is 0.